The SMILES string of the molecule is COCc1cc(=S)nc(C2CC3CCC(C2)N3C)[nH]1. The van der Waals surface area contributed by atoms with E-state index in [1.807, 2.05) is 6.07 Å². The molecular weight excluding hydrogens is 258 g/mol. The van der Waals surface area contributed by atoms with E-state index in [1.54, 1.807) is 7.11 Å². The third-order valence-corrected chi connectivity index (χ3v) is 4.81. The number of hydrogen-bond acceptors (Lipinski definition) is 4. The zero-order valence-corrected chi connectivity index (χ0v) is 12.4. The highest BCUT2D eigenvalue weighted by Gasteiger charge is 2.39. The van der Waals surface area contributed by atoms with Crippen LogP contribution >= 0.6 is 12.2 Å². The van der Waals surface area contributed by atoms with Crippen molar-refractivity contribution < 1.29 is 4.74 Å². The van der Waals surface area contributed by atoms with Crippen molar-refractivity contribution in [1.29, 1.82) is 0 Å². The summed E-state index contributed by atoms with van der Waals surface area (Å²) in [7, 11) is 3.96. The molecule has 0 amide bonds. The molecule has 1 N–H and O–H groups in total. The summed E-state index contributed by atoms with van der Waals surface area (Å²) in [6.07, 6.45) is 5.05. The Labute approximate surface area is 119 Å². The van der Waals surface area contributed by atoms with Crippen LogP contribution in [0.4, 0.5) is 0 Å². The monoisotopic (exact) mass is 279 g/mol. The quantitative estimate of drug-likeness (QED) is 0.864. The predicted octanol–water partition coefficient (Wildman–Crippen LogP) is 2.63. The number of nitrogens with one attached hydrogen (secondary N) is 1. The van der Waals surface area contributed by atoms with Gasteiger partial charge in [-0.1, -0.05) is 12.2 Å². The van der Waals surface area contributed by atoms with Crippen LogP contribution in [-0.2, 0) is 11.3 Å². The van der Waals surface area contributed by atoms with Gasteiger partial charge < -0.3 is 14.6 Å². The first-order chi connectivity index (χ1) is 9.17. The Morgan fingerprint density at radius 1 is 1.42 bits per heavy atom. The molecule has 104 valence electrons. The summed E-state index contributed by atoms with van der Waals surface area (Å²) < 4.78 is 5.86. The van der Waals surface area contributed by atoms with Crippen LogP contribution in [-0.4, -0.2) is 41.1 Å². The highest BCUT2D eigenvalue weighted by molar-refractivity contribution is 7.71. The van der Waals surface area contributed by atoms with Gasteiger partial charge in [-0.3, -0.25) is 0 Å². The summed E-state index contributed by atoms with van der Waals surface area (Å²) in [4.78, 5) is 10.5. The molecule has 2 unspecified atom stereocenters. The number of rotatable bonds is 3. The van der Waals surface area contributed by atoms with Crippen molar-refractivity contribution in [2.45, 2.75) is 50.3 Å². The molecule has 0 radical (unpaired) electrons. The second kappa shape index (κ2) is 5.31. The van der Waals surface area contributed by atoms with Gasteiger partial charge >= 0.3 is 0 Å². The highest BCUT2D eigenvalue weighted by Crippen LogP contribution is 2.41. The van der Waals surface area contributed by atoms with Crippen molar-refractivity contribution in [1.82, 2.24) is 14.9 Å². The zero-order valence-electron chi connectivity index (χ0n) is 11.6. The van der Waals surface area contributed by atoms with E-state index in [9.17, 15) is 0 Å². The van der Waals surface area contributed by atoms with Crippen LogP contribution in [0.5, 0.6) is 0 Å². The maximum absolute atomic E-state index is 5.27. The first kappa shape index (κ1) is 13.2. The second-order valence-electron chi connectivity index (χ2n) is 5.78. The van der Waals surface area contributed by atoms with Crippen molar-refractivity contribution in [3.05, 3.63) is 22.2 Å². The van der Waals surface area contributed by atoms with E-state index in [1.165, 1.54) is 25.7 Å². The van der Waals surface area contributed by atoms with Crippen LogP contribution in [0.2, 0.25) is 0 Å². The summed E-state index contributed by atoms with van der Waals surface area (Å²) in [5, 5.41) is 0. The average Bonchev–Trinajstić information content (AvgIpc) is 2.62. The van der Waals surface area contributed by atoms with Crippen LogP contribution in [0.1, 0.15) is 43.1 Å². The molecule has 2 fully saturated rings. The lowest BCUT2D eigenvalue weighted by Crippen LogP contribution is -2.39. The maximum Gasteiger partial charge on any atom is 0.130 e. The molecule has 0 aromatic carbocycles. The minimum atomic E-state index is 0.521. The van der Waals surface area contributed by atoms with Gasteiger partial charge in [-0.05, 0) is 38.8 Å². The Bertz CT molecular complexity index is 502. The molecule has 0 saturated carbocycles. The van der Waals surface area contributed by atoms with Gasteiger partial charge in [0.15, 0.2) is 0 Å². The van der Waals surface area contributed by atoms with Gasteiger partial charge in [0.2, 0.25) is 0 Å². The fourth-order valence-corrected chi connectivity index (χ4v) is 3.83. The average molecular weight is 279 g/mol. The summed E-state index contributed by atoms with van der Waals surface area (Å²) >= 11 is 5.27. The Kier molecular flexibility index (Phi) is 3.69. The second-order valence-corrected chi connectivity index (χ2v) is 6.20. The van der Waals surface area contributed by atoms with Gasteiger partial charge in [0, 0.05) is 30.8 Å². The Morgan fingerprint density at radius 3 is 2.74 bits per heavy atom. The molecule has 4 nitrogen and oxygen atoms in total. The summed E-state index contributed by atoms with van der Waals surface area (Å²) in [6.45, 7) is 0.568. The van der Waals surface area contributed by atoms with E-state index in [0.717, 1.165) is 23.6 Å². The number of fused-ring (bicyclic) bond motifs is 2. The van der Waals surface area contributed by atoms with Gasteiger partial charge in [0.1, 0.15) is 10.5 Å². The standard InChI is InChI=1S/C14H21N3OS/c1-17-11-3-4-12(17)6-9(5-11)14-15-10(8-18-2)7-13(19)16-14/h7,9,11-12H,3-6,8H2,1-2H3,(H,15,16,19). The molecule has 2 bridgehead atoms. The van der Waals surface area contributed by atoms with Gasteiger partial charge in [0.05, 0.1) is 6.61 Å². The minimum Gasteiger partial charge on any atom is -0.378 e. The van der Waals surface area contributed by atoms with E-state index in [4.69, 9.17) is 17.0 Å². The maximum atomic E-state index is 5.27. The van der Waals surface area contributed by atoms with Crippen molar-refractivity contribution in [3.63, 3.8) is 0 Å². The van der Waals surface area contributed by atoms with E-state index in [-0.39, 0.29) is 0 Å². The Balaban J connectivity index is 1.84. The van der Waals surface area contributed by atoms with Crippen LogP contribution in [0.15, 0.2) is 6.07 Å². The zero-order chi connectivity index (χ0) is 13.4. The summed E-state index contributed by atoms with van der Waals surface area (Å²) in [6, 6.07) is 3.34. The first-order valence-electron chi connectivity index (χ1n) is 6.98. The lowest BCUT2D eigenvalue weighted by molar-refractivity contribution is 0.157. The lowest BCUT2D eigenvalue weighted by Gasteiger charge is -2.35. The number of aromatic amines is 1. The normalized spacial score (nSPS) is 30.7. The van der Waals surface area contributed by atoms with E-state index < -0.39 is 0 Å². The molecule has 3 heterocycles. The topological polar surface area (TPSA) is 41.1 Å². The van der Waals surface area contributed by atoms with Gasteiger partial charge in [0.25, 0.3) is 0 Å². The van der Waals surface area contributed by atoms with Gasteiger partial charge in [-0.15, -0.1) is 0 Å². The molecule has 0 spiro atoms. The molecule has 5 heteroatoms. The number of piperidine rings is 1. The number of nitrogens with zero attached hydrogens (tertiary/aromatic N) is 2. The molecule has 2 atom stereocenters. The molecular formula is C14H21N3OS. The number of methoxy groups -OCH3 is 1. The third kappa shape index (κ3) is 2.59. The van der Waals surface area contributed by atoms with Crippen molar-refractivity contribution in [2.75, 3.05) is 14.2 Å². The molecule has 0 aliphatic carbocycles. The van der Waals surface area contributed by atoms with Crippen molar-refractivity contribution in [3.8, 4) is 0 Å². The van der Waals surface area contributed by atoms with E-state index in [0.29, 0.717) is 17.2 Å². The Hall–Kier alpha value is -0.780. The summed E-state index contributed by atoms with van der Waals surface area (Å²) in [5.41, 5.74) is 1.03. The smallest absolute Gasteiger partial charge is 0.130 e. The molecule has 1 aromatic heterocycles. The molecule has 1 aromatic rings. The molecule has 3 rings (SSSR count). The number of H-pyrrole nitrogens is 1. The molecule has 2 aliphatic heterocycles. The van der Waals surface area contributed by atoms with Crippen molar-refractivity contribution >= 4 is 12.2 Å². The number of hydrogen-bond donors (Lipinski definition) is 1. The molecule has 2 saturated heterocycles. The highest BCUT2D eigenvalue weighted by atomic mass is 32.1. The number of aromatic nitrogens is 2. The first-order valence-corrected chi connectivity index (χ1v) is 7.39. The molecule has 19 heavy (non-hydrogen) atoms. The fraction of sp³-hybridized carbons (Fsp3) is 0.714. The third-order valence-electron chi connectivity index (χ3n) is 4.60. The minimum absolute atomic E-state index is 0.521. The van der Waals surface area contributed by atoms with Crippen LogP contribution in [0.25, 0.3) is 0 Å². The molecule has 2 aliphatic rings. The van der Waals surface area contributed by atoms with Crippen molar-refractivity contribution in [2.24, 2.45) is 0 Å². The number of ether oxygens (including phenoxy) is 1. The predicted molar refractivity (Wildman–Crippen MR) is 76.7 cm³/mol. The van der Waals surface area contributed by atoms with E-state index in [2.05, 4.69) is 21.9 Å². The lowest BCUT2D eigenvalue weighted by atomic mass is 9.90. The largest absolute Gasteiger partial charge is 0.378 e. The van der Waals surface area contributed by atoms with Crippen LogP contribution in [0.3, 0.4) is 0 Å². The van der Waals surface area contributed by atoms with Crippen LogP contribution < -0.4 is 0 Å². The fourth-order valence-electron chi connectivity index (χ4n) is 3.59. The Morgan fingerprint density at radius 2 is 2.11 bits per heavy atom. The van der Waals surface area contributed by atoms with Gasteiger partial charge in [-0.25, -0.2) is 4.98 Å². The van der Waals surface area contributed by atoms with Crippen LogP contribution in [0, 0.1) is 4.64 Å². The summed E-state index contributed by atoms with van der Waals surface area (Å²) in [5.74, 6) is 1.58. The van der Waals surface area contributed by atoms with Gasteiger partial charge in [-0.2, -0.15) is 0 Å². The van der Waals surface area contributed by atoms with E-state index >= 15 is 0 Å².